The van der Waals surface area contributed by atoms with E-state index in [0.29, 0.717) is 0 Å². The van der Waals surface area contributed by atoms with Gasteiger partial charge in [0.15, 0.2) is 0 Å². The summed E-state index contributed by atoms with van der Waals surface area (Å²) in [5.41, 5.74) is 0. The third-order valence-electron chi connectivity index (χ3n) is 6.71. The minimum absolute atomic E-state index is 0. The first-order valence-corrected chi connectivity index (χ1v) is 19.4. The van der Waals surface area contributed by atoms with Crippen molar-refractivity contribution in [1.82, 2.24) is 9.97 Å². The second kappa shape index (κ2) is 21.3. The van der Waals surface area contributed by atoms with E-state index in [4.69, 9.17) is 18.6 Å². The fourth-order valence-corrected chi connectivity index (χ4v) is 9.17. The summed E-state index contributed by atoms with van der Waals surface area (Å²) in [7, 11) is -6.64. The van der Waals surface area contributed by atoms with Crippen molar-refractivity contribution in [3.8, 4) is 0 Å². The van der Waals surface area contributed by atoms with E-state index in [1.807, 2.05) is 48.8 Å². The molecule has 0 unspecified atom stereocenters. The van der Waals surface area contributed by atoms with Crippen LogP contribution in [0.2, 0.25) is 0 Å². The summed E-state index contributed by atoms with van der Waals surface area (Å²) in [6.07, 6.45) is 5.49. The zero-order valence-corrected chi connectivity index (χ0v) is 29.5. The first kappa shape index (κ1) is 38.7. The van der Waals surface area contributed by atoms with Crippen molar-refractivity contribution in [2.75, 3.05) is 23.2 Å². The van der Waals surface area contributed by atoms with E-state index in [1.54, 1.807) is 0 Å². The molecule has 0 bridgehead atoms. The molecule has 48 heavy (non-hydrogen) atoms. The Kier molecular flexibility index (Phi) is 17.2. The number of pyridine rings is 2. The number of rotatable bonds is 10. The molecule has 250 valence electrons. The summed E-state index contributed by atoms with van der Waals surface area (Å²) in [5.74, 6) is 1.87. The molecule has 0 aliphatic carbocycles. The number of aromatic nitrogens is 2. The molecule has 0 saturated carbocycles. The van der Waals surface area contributed by atoms with E-state index in [9.17, 15) is 0 Å². The number of nitrogens with one attached hydrogen (secondary N) is 2. The first-order valence-electron chi connectivity index (χ1n) is 14.7. The van der Waals surface area contributed by atoms with E-state index in [2.05, 4.69) is 142 Å². The van der Waals surface area contributed by atoms with Gasteiger partial charge in [0, 0.05) is 12.4 Å². The molecular formula is C36H36ClCuN4O4P2+2. The van der Waals surface area contributed by atoms with Gasteiger partial charge in [-0.05, 0) is 72.8 Å². The standard InChI is InChI=1S/2C18H17N2P.ClHO4.Cu/c2*1-3-9-16(10-4-1)21(17-11-5-2-6-12-17)15-20-18-13-7-8-14-19-18;2-1(3,4)5;/h2*1-14H,15H2,(H,19,20);(H,2,3,4,5);/q;;;+1/p+1. The molecule has 12 heteroatoms. The average molecular weight is 750 g/mol. The van der Waals surface area contributed by atoms with Crippen molar-refractivity contribution in [3.05, 3.63) is 170 Å². The van der Waals surface area contributed by atoms with Gasteiger partial charge in [0.25, 0.3) is 0 Å². The summed E-state index contributed by atoms with van der Waals surface area (Å²) in [4.78, 5) is 8.69. The number of nitrogens with zero attached hydrogens (tertiary/aromatic N) is 2. The van der Waals surface area contributed by atoms with E-state index >= 15 is 0 Å². The quantitative estimate of drug-likeness (QED) is 0.160. The molecule has 0 fully saturated rings. The molecule has 8 nitrogen and oxygen atoms in total. The van der Waals surface area contributed by atoms with E-state index < -0.39 is 26.1 Å². The normalized spacial score (nSPS) is 10.5. The van der Waals surface area contributed by atoms with Gasteiger partial charge in [-0.25, -0.2) is 28.6 Å². The van der Waals surface area contributed by atoms with Crippen LogP contribution >= 0.6 is 15.8 Å². The Balaban J connectivity index is 0.000000225. The molecule has 0 saturated heterocycles. The van der Waals surface area contributed by atoms with Crippen LogP contribution in [0.25, 0.3) is 0 Å². The van der Waals surface area contributed by atoms with Gasteiger partial charge in [-0.1, -0.05) is 84.9 Å². The van der Waals surface area contributed by atoms with Crippen molar-refractivity contribution in [1.29, 1.82) is 0 Å². The zero-order valence-electron chi connectivity index (χ0n) is 25.8. The van der Waals surface area contributed by atoms with Gasteiger partial charge >= 0.3 is 17.1 Å². The number of anilines is 2. The summed E-state index contributed by atoms with van der Waals surface area (Å²) in [6.45, 7) is 0. The minimum atomic E-state index is -4.94. The van der Waals surface area contributed by atoms with Crippen molar-refractivity contribution >= 4 is 48.7 Å². The summed E-state index contributed by atoms with van der Waals surface area (Å²) in [5, 5.41) is 12.6. The average Bonchev–Trinajstić information content (AvgIpc) is 3.11. The van der Waals surface area contributed by atoms with Crippen LogP contribution in [0.4, 0.5) is 11.6 Å². The predicted molar refractivity (Wildman–Crippen MR) is 186 cm³/mol. The van der Waals surface area contributed by atoms with Crippen molar-refractivity contribution in [2.45, 2.75) is 0 Å². The van der Waals surface area contributed by atoms with Gasteiger partial charge in [0.1, 0.15) is 24.2 Å². The van der Waals surface area contributed by atoms with Gasteiger partial charge < -0.3 is 10.6 Å². The predicted octanol–water partition coefficient (Wildman–Crippen LogP) is 1.87. The molecule has 0 atom stereocenters. The smallest absolute Gasteiger partial charge is 0.338 e. The Morgan fingerprint density at radius 3 is 0.896 bits per heavy atom. The fourth-order valence-electron chi connectivity index (χ4n) is 4.59. The third kappa shape index (κ3) is 14.6. The van der Waals surface area contributed by atoms with Gasteiger partial charge in [-0.15, -0.1) is 10.2 Å². The number of halogens is 1. The molecule has 6 aromatic rings. The van der Waals surface area contributed by atoms with Crippen LogP contribution < -0.4 is 50.5 Å². The van der Waals surface area contributed by atoms with Gasteiger partial charge in [0.2, 0.25) is 0 Å². The SMILES string of the molecule is [Cu+].[O-][Cl+3]([O-])([O-])[O-].c1ccc([PH+](CNc2ccccn2)c2ccccc2)cc1.c1ccc([PH+](CNc2ccccn2)c2ccccc2)cc1. The maximum Gasteiger partial charge on any atom is 1.00 e. The summed E-state index contributed by atoms with van der Waals surface area (Å²) in [6, 6.07) is 54.9. The van der Waals surface area contributed by atoms with Gasteiger partial charge in [0.05, 0.1) is 37.1 Å². The number of hydrogen-bond acceptors (Lipinski definition) is 8. The van der Waals surface area contributed by atoms with Gasteiger partial charge in [-0.2, -0.15) is 0 Å². The van der Waals surface area contributed by atoms with E-state index in [-0.39, 0.29) is 17.1 Å². The number of benzene rings is 4. The Labute approximate surface area is 296 Å². The Morgan fingerprint density at radius 2 is 0.667 bits per heavy atom. The molecule has 0 amide bonds. The molecule has 0 spiro atoms. The van der Waals surface area contributed by atoms with Crippen molar-refractivity contribution in [2.24, 2.45) is 0 Å². The molecule has 4 aromatic carbocycles. The Hall–Kier alpha value is -3.71. The Morgan fingerprint density at radius 1 is 0.417 bits per heavy atom. The topological polar surface area (TPSA) is 142 Å². The van der Waals surface area contributed by atoms with Gasteiger partial charge in [-0.3, -0.25) is 0 Å². The van der Waals surface area contributed by atoms with Crippen LogP contribution in [0, 0.1) is 10.2 Å². The monoisotopic (exact) mass is 748 g/mol. The second-order valence-corrected chi connectivity index (χ2v) is 15.6. The fraction of sp³-hybridized carbons (Fsp3) is 0.0556. The number of hydrogen-bond donors (Lipinski definition) is 2. The molecule has 0 aliphatic heterocycles. The first-order chi connectivity index (χ1) is 22.9. The van der Waals surface area contributed by atoms with Crippen LogP contribution in [-0.4, -0.2) is 22.5 Å². The Bertz CT molecular complexity index is 1480. The molecule has 6 rings (SSSR count). The molecule has 2 N–H and O–H groups in total. The largest absolute Gasteiger partial charge is 1.00 e. The third-order valence-corrected chi connectivity index (χ3v) is 11.9. The van der Waals surface area contributed by atoms with Crippen molar-refractivity contribution in [3.63, 3.8) is 0 Å². The molecule has 0 aliphatic rings. The molecule has 0 radical (unpaired) electrons. The van der Waals surface area contributed by atoms with Crippen LogP contribution in [0.5, 0.6) is 0 Å². The van der Waals surface area contributed by atoms with E-state index in [0.717, 1.165) is 24.2 Å². The summed E-state index contributed by atoms with van der Waals surface area (Å²) >= 11 is 0. The molecular weight excluding hydrogens is 713 g/mol. The molecule has 2 aromatic heterocycles. The van der Waals surface area contributed by atoms with E-state index in [1.165, 1.54) is 21.2 Å². The molecule has 2 heterocycles. The van der Waals surface area contributed by atoms with Crippen LogP contribution in [0.15, 0.2) is 170 Å². The maximum atomic E-state index is 8.49. The summed E-state index contributed by atoms with van der Waals surface area (Å²) < 4.78 is 34.0. The zero-order chi connectivity index (χ0) is 33.2. The van der Waals surface area contributed by atoms with Crippen molar-refractivity contribution < 1.29 is 45.9 Å². The maximum absolute atomic E-state index is 8.49. The van der Waals surface area contributed by atoms with Crippen LogP contribution in [0.1, 0.15) is 0 Å². The van der Waals surface area contributed by atoms with Crippen LogP contribution in [0.3, 0.4) is 0 Å². The second-order valence-electron chi connectivity index (χ2n) is 9.94. The van der Waals surface area contributed by atoms with Crippen LogP contribution in [-0.2, 0) is 17.1 Å². The minimum Gasteiger partial charge on any atom is -0.338 e.